The summed E-state index contributed by atoms with van der Waals surface area (Å²) in [7, 11) is 0. The molecule has 2 N–H and O–H groups in total. The summed E-state index contributed by atoms with van der Waals surface area (Å²) in [4.78, 5) is 25.7. The zero-order valence-corrected chi connectivity index (χ0v) is 10.2. The Labute approximate surface area is 112 Å². The maximum Gasteiger partial charge on any atom is 0.285 e. The summed E-state index contributed by atoms with van der Waals surface area (Å²) < 4.78 is 13.0. The van der Waals surface area contributed by atoms with E-state index in [2.05, 4.69) is 20.5 Å². The molecule has 20 heavy (non-hydrogen) atoms. The molecular weight excluding hydrogens is 269 g/mol. The number of hydrogen-bond donors (Lipinski definition) is 2. The molecule has 1 aromatic heterocycles. The van der Waals surface area contributed by atoms with Crippen molar-refractivity contribution in [3.63, 3.8) is 0 Å². The Morgan fingerprint density at radius 2 is 2.30 bits per heavy atom. The Balaban J connectivity index is 2.03. The molecule has 2 aromatic rings. The number of aromatic amines is 1. The van der Waals surface area contributed by atoms with Gasteiger partial charge in [-0.25, -0.2) is 9.37 Å². The molecule has 0 spiro atoms. The third-order valence-electron chi connectivity index (χ3n) is 2.51. The zero-order chi connectivity index (χ0) is 14.5. The fourth-order valence-electron chi connectivity index (χ4n) is 1.59. The number of nitrogens with one attached hydrogen (secondary N) is 2. The van der Waals surface area contributed by atoms with E-state index in [0.717, 1.165) is 12.1 Å². The second kappa shape index (κ2) is 5.87. The number of nitro groups is 1. The van der Waals surface area contributed by atoms with Crippen LogP contribution in [0.5, 0.6) is 0 Å². The maximum atomic E-state index is 13.0. The predicted octanol–water partition coefficient (Wildman–Crippen LogP) is 0.824. The highest BCUT2D eigenvalue weighted by molar-refractivity contribution is 5.98. The van der Waals surface area contributed by atoms with Crippen molar-refractivity contribution < 1.29 is 14.1 Å². The van der Waals surface area contributed by atoms with Crippen LogP contribution in [0.1, 0.15) is 16.2 Å². The monoisotopic (exact) mass is 279 g/mol. The van der Waals surface area contributed by atoms with E-state index >= 15 is 0 Å². The lowest BCUT2D eigenvalue weighted by Crippen LogP contribution is -2.26. The van der Waals surface area contributed by atoms with Crippen molar-refractivity contribution in [2.24, 2.45) is 0 Å². The van der Waals surface area contributed by atoms with Crippen molar-refractivity contribution in [1.82, 2.24) is 20.5 Å². The van der Waals surface area contributed by atoms with Crippen molar-refractivity contribution in [2.45, 2.75) is 6.42 Å². The largest absolute Gasteiger partial charge is 0.351 e. The Morgan fingerprint density at radius 3 is 2.95 bits per heavy atom. The van der Waals surface area contributed by atoms with E-state index in [1.807, 2.05) is 0 Å². The van der Waals surface area contributed by atoms with Crippen molar-refractivity contribution in [1.29, 1.82) is 0 Å². The molecule has 0 fully saturated rings. The topological polar surface area (TPSA) is 114 Å². The summed E-state index contributed by atoms with van der Waals surface area (Å²) in [6.07, 6.45) is 1.74. The molecule has 0 atom stereocenters. The van der Waals surface area contributed by atoms with Crippen LogP contribution in [-0.2, 0) is 6.42 Å². The molecule has 2 rings (SSSR count). The molecule has 9 heteroatoms. The molecule has 1 heterocycles. The van der Waals surface area contributed by atoms with Gasteiger partial charge >= 0.3 is 0 Å². The van der Waals surface area contributed by atoms with Gasteiger partial charge in [-0.3, -0.25) is 20.0 Å². The number of carbonyl (C=O) groups is 1. The molecule has 0 bridgehead atoms. The number of amides is 1. The van der Waals surface area contributed by atoms with E-state index in [4.69, 9.17) is 0 Å². The van der Waals surface area contributed by atoms with Gasteiger partial charge in [0.1, 0.15) is 23.5 Å². The third-order valence-corrected chi connectivity index (χ3v) is 2.51. The lowest BCUT2D eigenvalue weighted by atomic mass is 10.1. The number of carbonyl (C=O) groups excluding carboxylic acids is 1. The molecule has 0 radical (unpaired) electrons. The first-order valence-electron chi connectivity index (χ1n) is 5.64. The average Bonchev–Trinajstić information content (AvgIpc) is 2.91. The summed E-state index contributed by atoms with van der Waals surface area (Å²) in [6, 6.07) is 2.79. The number of aromatic nitrogens is 3. The van der Waals surface area contributed by atoms with E-state index in [9.17, 15) is 19.3 Å². The average molecular weight is 279 g/mol. The van der Waals surface area contributed by atoms with Gasteiger partial charge in [-0.15, -0.1) is 0 Å². The van der Waals surface area contributed by atoms with Gasteiger partial charge in [0, 0.05) is 13.0 Å². The molecule has 0 aliphatic heterocycles. The van der Waals surface area contributed by atoms with E-state index in [1.165, 1.54) is 6.33 Å². The fourth-order valence-corrected chi connectivity index (χ4v) is 1.59. The minimum absolute atomic E-state index is 0.186. The van der Waals surface area contributed by atoms with Gasteiger partial charge in [0.15, 0.2) is 0 Å². The first-order valence-corrected chi connectivity index (χ1v) is 5.64. The lowest BCUT2D eigenvalue weighted by Gasteiger charge is -2.04. The van der Waals surface area contributed by atoms with E-state index in [1.54, 1.807) is 0 Å². The highest BCUT2D eigenvalue weighted by Crippen LogP contribution is 2.19. The van der Waals surface area contributed by atoms with Gasteiger partial charge in [0.2, 0.25) is 0 Å². The molecular formula is C11H10FN5O3. The van der Waals surface area contributed by atoms with E-state index in [0.29, 0.717) is 18.3 Å². The van der Waals surface area contributed by atoms with Gasteiger partial charge < -0.3 is 5.32 Å². The number of rotatable bonds is 5. The van der Waals surface area contributed by atoms with Crippen LogP contribution in [0.4, 0.5) is 10.1 Å². The maximum absolute atomic E-state index is 13.0. The number of H-pyrrole nitrogens is 1. The highest BCUT2D eigenvalue weighted by atomic mass is 19.1. The number of halogens is 1. The van der Waals surface area contributed by atoms with Crippen LogP contribution < -0.4 is 5.32 Å². The lowest BCUT2D eigenvalue weighted by molar-refractivity contribution is -0.385. The van der Waals surface area contributed by atoms with Crippen LogP contribution >= 0.6 is 0 Å². The van der Waals surface area contributed by atoms with Gasteiger partial charge in [0.25, 0.3) is 11.6 Å². The second-order valence-electron chi connectivity index (χ2n) is 3.86. The van der Waals surface area contributed by atoms with Crippen LogP contribution in [0.25, 0.3) is 0 Å². The molecule has 1 aromatic carbocycles. The van der Waals surface area contributed by atoms with Crippen molar-refractivity contribution in [3.8, 4) is 0 Å². The normalized spacial score (nSPS) is 10.2. The van der Waals surface area contributed by atoms with E-state index in [-0.39, 0.29) is 12.1 Å². The third kappa shape index (κ3) is 3.13. The molecule has 104 valence electrons. The van der Waals surface area contributed by atoms with Crippen LogP contribution in [0, 0.1) is 15.9 Å². The number of nitrogens with zero attached hydrogens (tertiary/aromatic N) is 3. The Morgan fingerprint density at radius 1 is 1.50 bits per heavy atom. The van der Waals surface area contributed by atoms with Crippen molar-refractivity contribution >= 4 is 11.6 Å². The summed E-state index contributed by atoms with van der Waals surface area (Å²) in [5.74, 6) is -0.829. The van der Waals surface area contributed by atoms with Crippen LogP contribution in [0.3, 0.4) is 0 Å². The Kier molecular flexibility index (Phi) is 3.99. The van der Waals surface area contributed by atoms with Crippen molar-refractivity contribution in [2.75, 3.05) is 6.54 Å². The van der Waals surface area contributed by atoms with Gasteiger partial charge in [-0.05, 0) is 12.1 Å². The SMILES string of the molecule is O=C(NCCc1ncn[nH]1)c1ccc(F)cc1[N+](=O)[O-]. The minimum atomic E-state index is -0.797. The van der Waals surface area contributed by atoms with E-state index < -0.39 is 22.3 Å². The summed E-state index contributed by atoms with van der Waals surface area (Å²) in [5, 5.41) is 19.5. The van der Waals surface area contributed by atoms with Crippen molar-refractivity contribution in [3.05, 3.63) is 51.8 Å². The summed E-state index contributed by atoms with van der Waals surface area (Å²) >= 11 is 0. The smallest absolute Gasteiger partial charge is 0.285 e. The van der Waals surface area contributed by atoms with Crippen LogP contribution in [0.2, 0.25) is 0 Å². The predicted molar refractivity (Wildman–Crippen MR) is 65.5 cm³/mol. The highest BCUT2D eigenvalue weighted by Gasteiger charge is 2.20. The summed E-state index contributed by atoms with van der Waals surface area (Å²) in [5.41, 5.74) is -0.754. The first kappa shape index (κ1) is 13.6. The van der Waals surface area contributed by atoms with Crippen LogP contribution in [0.15, 0.2) is 24.5 Å². The van der Waals surface area contributed by atoms with Gasteiger partial charge in [0.05, 0.1) is 11.0 Å². The standard InChI is InChI=1S/C11H10FN5O3/c12-7-1-2-8(9(5-7)17(19)20)11(18)13-4-3-10-14-6-15-16-10/h1-2,5-6H,3-4H2,(H,13,18)(H,14,15,16). The molecule has 8 nitrogen and oxygen atoms in total. The molecule has 1 amide bonds. The van der Waals surface area contributed by atoms with Gasteiger partial charge in [-0.1, -0.05) is 0 Å². The zero-order valence-electron chi connectivity index (χ0n) is 10.2. The number of nitro benzene ring substituents is 1. The number of hydrogen-bond acceptors (Lipinski definition) is 5. The molecule has 0 unspecified atom stereocenters. The van der Waals surface area contributed by atoms with Crippen LogP contribution in [-0.4, -0.2) is 32.6 Å². The molecule has 0 aliphatic rings. The van der Waals surface area contributed by atoms with Gasteiger partial charge in [-0.2, -0.15) is 5.10 Å². The quantitative estimate of drug-likeness (QED) is 0.621. The minimum Gasteiger partial charge on any atom is -0.351 e. The molecule has 0 aliphatic carbocycles. The Hall–Kier alpha value is -2.84. The summed E-state index contributed by atoms with van der Waals surface area (Å²) in [6.45, 7) is 0.225. The second-order valence-corrected chi connectivity index (χ2v) is 3.86. The first-order chi connectivity index (χ1) is 9.58. The molecule has 0 saturated heterocycles. The number of benzene rings is 1. The molecule has 0 saturated carbocycles. The Bertz CT molecular complexity index is 629. The fraction of sp³-hybridized carbons (Fsp3) is 0.182.